The fourth-order valence-electron chi connectivity index (χ4n) is 2.47. The second-order valence-electron chi connectivity index (χ2n) is 4.54. The summed E-state index contributed by atoms with van der Waals surface area (Å²) in [6.45, 7) is 1.24. The summed E-state index contributed by atoms with van der Waals surface area (Å²) in [6.07, 6.45) is 0.477. The molecule has 0 aromatic heterocycles. The van der Waals surface area contributed by atoms with Gasteiger partial charge in [0, 0.05) is 37.8 Å². The van der Waals surface area contributed by atoms with Crippen LogP contribution in [-0.4, -0.2) is 38.5 Å². The molecule has 2 atom stereocenters. The van der Waals surface area contributed by atoms with Crippen LogP contribution in [-0.2, 0) is 0 Å². The lowest BCUT2D eigenvalue weighted by Gasteiger charge is -2.35. The van der Waals surface area contributed by atoms with E-state index in [1.165, 1.54) is 0 Å². The van der Waals surface area contributed by atoms with Gasteiger partial charge in [-0.2, -0.15) is 0 Å². The maximum atomic E-state index is 9.97. The molecule has 0 bridgehead atoms. The first kappa shape index (κ1) is 12.2. The third-order valence-corrected chi connectivity index (χ3v) is 3.53. The second-order valence-corrected chi connectivity index (χ2v) is 4.54. The van der Waals surface area contributed by atoms with E-state index in [9.17, 15) is 5.11 Å². The van der Waals surface area contributed by atoms with Crippen LogP contribution < -0.4 is 15.4 Å². The average molecular weight is 236 g/mol. The van der Waals surface area contributed by atoms with E-state index in [0.717, 1.165) is 30.0 Å². The molecular weight excluding hydrogens is 216 g/mol. The van der Waals surface area contributed by atoms with Crippen LogP contribution in [0.15, 0.2) is 18.2 Å². The molecule has 0 amide bonds. The highest BCUT2D eigenvalue weighted by Gasteiger charge is 2.28. The first-order valence-corrected chi connectivity index (χ1v) is 5.94. The number of aliphatic hydroxyl groups excluding tert-OH is 1. The Hall–Kier alpha value is -1.26. The minimum absolute atomic E-state index is 0.136. The van der Waals surface area contributed by atoms with Crippen LogP contribution in [0, 0.1) is 0 Å². The second kappa shape index (κ2) is 4.94. The molecule has 1 aromatic carbocycles. The van der Waals surface area contributed by atoms with Gasteiger partial charge in [0.15, 0.2) is 0 Å². The van der Waals surface area contributed by atoms with Crippen molar-refractivity contribution in [2.24, 2.45) is 5.73 Å². The predicted molar refractivity (Wildman–Crippen MR) is 68.7 cm³/mol. The molecule has 1 aliphatic rings. The SMILES string of the molecule is COc1ccc2c(c1)N(C)CCC2C(O)CN. The molecule has 0 radical (unpaired) electrons. The van der Waals surface area contributed by atoms with Gasteiger partial charge in [-0.05, 0) is 18.1 Å². The van der Waals surface area contributed by atoms with Crippen LogP contribution in [0.2, 0.25) is 0 Å². The van der Waals surface area contributed by atoms with Crippen molar-refractivity contribution in [3.05, 3.63) is 23.8 Å². The third-order valence-electron chi connectivity index (χ3n) is 3.53. The summed E-state index contributed by atoms with van der Waals surface area (Å²) in [5.74, 6) is 0.982. The zero-order valence-corrected chi connectivity index (χ0v) is 10.4. The van der Waals surface area contributed by atoms with Crippen molar-refractivity contribution in [2.75, 3.05) is 32.1 Å². The summed E-state index contributed by atoms with van der Waals surface area (Å²) in [7, 11) is 3.72. The monoisotopic (exact) mass is 236 g/mol. The Balaban J connectivity index is 2.39. The number of benzene rings is 1. The van der Waals surface area contributed by atoms with Gasteiger partial charge >= 0.3 is 0 Å². The van der Waals surface area contributed by atoms with E-state index in [1.807, 2.05) is 18.2 Å². The van der Waals surface area contributed by atoms with Crippen LogP contribution >= 0.6 is 0 Å². The van der Waals surface area contributed by atoms with Gasteiger partial charge in [-0.1, -0.05) is 6.07 Å². The number of hydrogen-bond acceptors (Lipinski definition) is 4. The molecule has 1 aliphatic heterocycles. The Morgan fingerprint density at radius 1 is 1.59 bits per heavy atom. The summed E-state index contributed by atoms with van der Waals surface area (Å²) in [5.41, 5.74) is 7.86. The maximum Gasteiger partial charge on any atom is 0.120 e. The van der Waals surface area contributed by atoms with Gasteiger partial charge in [0.1, 0.15) is 5.75 Å². The average Bonchev–Trinajstić information content (AvgIpc) is 2.38. The summed E-state index contributed by atoms with van der Waals surface area (Å²) in [6, 6.07) is 5.99. The molecular formula is C13H20N2O2. The number of methoxy groups -OCH3 is 1. The Morgan fingerprint density at radius 3 is 3.00 bits per heavy atom. The Kier molecular flexibility index (Phi) is 3.54. The number of rotatable bonds is 3. The molecule has 0 saturated carbocycles. The van der Waals surface area contributed by atoms with E-state index < -0.39 is 6.10 Å². The fraction of sp³-hybridized carbons (Fsp3) is 0.538. The molecule has 3 N–H and O–H groups in total. The molecule has 1 heterocycles. The highest BCUT2D eigenvalue weighted by Crippen LogP contribution is 2.38. The Morgan fingerprint density at radius 2 is 2.35 bits per heavy atom. The number of ether oxygens (including phenoxy) is 1. The highest BCUT2D eigenvalue weighted by atomic mass is 16.5. The standard InChI is InChI=1S/C13H20N2O2/c1-15-6-5-11(13(16)8-14)10-4-3-9(17-2)7-12(10)15/h3-4,7,11,13,16H,5-6,8,14H2,1-2H3. The smallest absolute Gasteiger partial charge is 0.120 e. The van der Waals surface area contributed by atoms with E-state index >= 15 is 0 Å². The Bertz CT molecular complexity index is 395. The summed E-state index contributed by atoms with van der Waals surface area (Å²) in [5, 5.41) is 9.97. The van der Waals surface area contributed by atoms with E-state index in [4.69, 9.17) is 10.5 Å². The van der Waals surface area contributed by atoms with Crippen molar-refractivity contribution in [1.29, 1.82) is 0 Å². The molecule has 1 aromatic rings. The third kappa shape index (κ3) is 2.23. The van der Waals surface area contributed by atoms with Crippen LogP contribution in [0.1, 0.15) is 17.9 Å². The number of nitrogens with zero attached hydrogens (tertiary/aromatic N) is 1. The quantitative estimate of drug-likeness (QED) is 0.820. The van der Waals surface area contributed by atoms with Crippen molar-refractivity contribution < 1.29 is 9.84 Å². The van der Waals surface area contributed by atoms with E-state index in [0.29, 0.717) is 6.54 Å². The number of nitrogens with two attached hydrogens (primary N) is 1. The van der Waals surface area contributed by atoms with Gasteiger partial charge in [0.05, 0.1) is 13.2 Å². The van der Waals surface area contributed by atoms with E-state index in [-0.39, 0.29) is 5.92 Å². The summed E-state index contributed by atoms with van der Waals surface area (Å²) in [4.78, 5) is 2.19. The fourth-order valence-corrected chi connectivity index (χ4v) is 2.47. The van der Waals surface area contributed by atoms with Gasteiger partial charge in [-0.3, -0.25) is 0 Å². The zero-order valence-electron chi connectivity index (χ0n) is 10.4. The van der Waals surface area contributed by atoms with Crippen LogP contribution in [0.25, 0.3) is 0 Å². The van der Waals surface area contributed by atoms with Crippen molar-refractivity contribution in [3.63, 3.8) is 0 Å². The number of hydrogen-bond donors (Lipinski definition) is 2. The molecule has 2 rings (SSSR count). The van der Waals surface area contributed by atoms with Gasteiger partial charge < -0.3 is 20.5 Å². The molecule has 17 heavy (non-hydrogen) atoms. The molecule has 94 valence electrons. The van der Waals surface area contributed by atoms with Gasteiger partial charge in [0.2, 0.25) is 0 Å². The van der Waals surface area contributed by atoms with Gasteiger partial charge in [-0.15, -0.1) is 0 Å². The number of anilines is 1. The van der Waals surface area contributed by atoms with Gasteiger partial charge in [-0.25, -0.2) is 0 Å². The van der Waals surface area contributed by atoms with Crippen molar-refractivity contribution in [3.8, 4) is 5.75 Å². The van der Waals surface area contributed by atoms with E-state index in [2.05, 4.69) is 11.9 Å². The normalized spacial score (nSPS) is 20.9. The maximum absolute atomic E-state index is 9.97. The molecule has 2 unspecified atom stereocenters. The minimum atomic E-state index is -0.462. The predicted octanol–water partition coefficient (Wildman–Crippen LogP) is 0.938. The molecule has 4 nitrogen and oxygen atoms in total. The van der Waals surface area contributed by atoms with Gasteiger partial charge in [0.25, 0.3) is 0 Å². The molecule has 4 heteroatoms. The minimum Gasteiger partial charge on any atom is -0.497 e. The zero-order chi connectivity index (χ0) is 12.4. The molecule has 0 spiro atoms. The van der Waals surface area contributed by atoms with Crippen molar-refractivity contribution in [1.82, 2.24) is 0 Å². The molecule has 0 fully saturated rings. The van der Waals surface area contributed by atoms with Crippen molar-refractivity contribution in [2.45, 2.75) is 18.4 Å². The first-order valence-electron chi connectivity index (χ1n) is 5.94. The number of fused-ring (bicyclic) bond motifs is 1. The van der Waals surface area contributed by atoms with E-state index in [1.54, 1.807) is 7.11 Å². The lowest BCUT2D eigenvalue weighted by molar-refractivity contribution is 0.145. The first-order chi connectivity index (χ1) is 8.17. The highest BCUT2D eigenvalue weighted by molar-refractivity contribution is 5.60. The molecule has 0 aliphatic carbocycles. The summed E-state index contributed by atoms with van der Waals surface area (Å²) < 4.78 is 5.24. The van der Waals surface area contributed by atoms with Crippen LogP contribution in [0.5, 0.6) is 5.75 Å². The largest absolute Gasteiger partial charge is 0.497 e. The Labute approximate surface area is 102 Å². The van der Waals surface area contributed by atoms with Crippen LogP contribution in [0.4, 0.5) is 5.69 Å². The van der Waals surface area contributed by atoms with Crippen LogP contribution in [0.3, 0.4) is 0 Å². The molecule has 0 saturated heterocycles. The topological polar surface area (TPSA) is 58.7 Å². The summed E-state index contributed by atoms with van der Waals surface area (Å²) >= 11 is 0. The lowest BCUT2D eigenvalue weighted by atomic mass is 9.85. The lowest BCUT2D eigenvalue weighted by Crippen LogP contribution is -2.35. The number of aliphatic hydroxyl groups is 1. The van der Waals surface area contributed by atoms with Crippen molar-refractivity contribution >= 4 is 5.69 Å².